The maximum Gasteiger partial charge on any atom is 0.126 e. The normalized spacial score (nSPS) is 12.4. The fraction of sp³-hybridized carbons (Fsp3) is 0.174. The van der Waals surface area contributed by atoms with E-state index in [1.807, 2.05) is 50.3 Å². The van der Waals surface area contributed by atoms with Gasteiger partial charge in [0.25, 0.3) is 0 Å². The molecule has 3 heteroatoms. The van der Waals surface area contributed by atoms with Crippen LogP contribution in [0.4, 0.5) is 0 Å². The van der Waals surface area contributed by atoms with E-state index in [0.29, 0.717) is 12.4 Å². The van der Waals surface area contributed by atoms with E-state index < -0.39 is 0 Å². The molecule has 0 aromatic heterocycles. The van der Waals surface area contributed by atoms with E-state index in [-0.39, 0.29) is 0 Å². The number of methoxy groups -OCH3 is 1. The third-order valence-electron chi connectivity index (χ3n) is 4.11. The topological polar surface area (TPSA) is 47.6 Å². The third kappa shape index (κ3) is 4.96. The van der Waals surface area contributed by atoms with Crippen molar-refractivity contribution in [1.82, 2.24) is 0 Å². The first-order chi connectivity index (χ1) is 12.6. The second-order valence-electron chi connectivity index (χ2n) is 5.93. The minimum absolute atomic E-state index is 0.502. The molecule has 26 heavy (non-hydrogen) atoms. The number of hydrogen-bond donors (Lipinski definition) is 1. The SMILES string of the molecule is C=C/C(=C\C=C/C)CN=C(N)c1cc(-c2cccc(OC)c2)ccc1C. The van der Waals surface area contributed by atoms with E-state index in [0.717, 1.165) is 33.6 Å². The summed E-state index contributed by atoms with van der Waals surface area (Å²) >= 11 is 0. The second-order valence-corrected chi connectivity index (χ2v) is 5.93. The Morgan fingerprint density at radius 1 is 1.19 bits per heavy atom. The van der Waals surface area contributed by atoms with Crippen molar-refractivity contribution < 1.29 is 4.74 Å². The van der Waals surface area contributed by atoms with Gasteiger partial charge in [-0.05, 0) is 54.3 Å². The predicted molar refractivity (Wildman–Crippen MR) is 112 cm³/mol. The van der Waals surface area contributed by atoms with E-state index in [4.69, 9.17) is 10.5 Å². The summed E-state index contributed by atoms with van der Waals surface area (Å²) in [5, 5.41) is 0. The van der Waals surface area contributed by atoms with Gasteiger partial charge < -0.3 is 10.5 Å². The molecule has 2 aromatic rings. The molecule has 2 aromatic carbocycles. The highest BCUT2D eigenvalue weighted by molar-refractivity contribution is 6.00. The van der Waals surface area contributed by atoms with Crippen molar-refractivity contribution in [2.75, 3.05) is 13.7 Å². The lowest BCUT2D eigenvalue weighted by Gasteiger charge is -2.10. The first-order valence-corrected chi connectivity index (χ1v) is 8.58. The number of rotatable bonds is 7. The van der Waals surface area contributed by atoms with Crippen LogP contribution >= 0.6 is 0 Å². The molecule has 134 valence electrons. The van der Waals surface area contributed by atoms with Crippen LogP contribution in [0.2, 0.25) is 0 Å². The zero-order chi connectivity index (χ0) is 18.9. The highest BCUT2D eigenvalue weighted by atomic mass is 16.5. The first kappa shape index (κ1) is 19.3. The Bertz CT molecular complexity index is 860. The molecule has 0 heterocycles. The molecule has 0 fully saturated rings. The molecule has 0 amide bonds. The number of nitrogens with zero attached hydrogens (tertiary/aromatic N) is 1. The zero-order valence-electron chi connectivity index (χ0n) is 15.7. The number of ether oxygens (including phenoxy) is 1. The van der Waals surface area contributed by atoms with Gasteiger partial charge in [0.2, 0.25) is 0 Å². The van der Waals surface area contributed by atoms with Gasteiger partial charge in [0.1, 0.15) is 11.6 Å². The lowest BCUT2D eigenvalue weighted by molar-refractivity contribution is 0.415. The van der Waals surface area contributed by atoms with Gasteiger partial charge in [-0.15, -0.1) is 0 Å². The smallest absolute Gasteiger partial charge is 0.126 e. The summed E-state index contributed by atoms with van der Waals surface area (Å²) in [4.78, 5) is 4.54. The van der Waals surface area contributed by atoms with Crippen LogP contribution in [0.25, 0.3) is 11.1 Å². The van der Waals surface area contributed by atoms with Gasteiger partial charge in [0.15, 0.2) is 0 Å². The summed E-state index contributed by atoms with van der Waals surface area (Å²) in [5.41, 5.74) is 11.5. The molecule has 0 atom stereocenters. The largest absolute Gasteiger partial charge is 0.497 e. The van der Waals surface area contributed by atoms with Crippen molar-refractivity contribution in [2.24, 2.45) is 10.7 Å². The van der Waals surface area contributed by atoms with Crippen LogP contribution in [0.15, 0.2) is 83.9 Å². The third-order valence-corrected chi connectivity index (χ3v) is 4.11. The summed E-state index contributed by atoms with van der Waals surface area (Å²) < 4.78 is 5.32. The van der Waals surface area contributed by atoms with E-state index in [9.17, 15) is 0 Å². The maximum atomic E-state index is 6.28. The number of allylic oxidation sites excluding steroid dienone is 3. The highest BCUT2D eigenvalue weighted by Gasteiger charge is 2.07. The lowest BCUT2D eigenvalue weighted by Crippen LogP contribution is -2.16. The second kappa shape index (κ2) is 9.42. The molecule has 0 aliphatic rings. The van der Waals surface area contributed by atoms with Crippen molar-refractivity contribution in [3.8, 4) is 16.9 Å². The summed E-state index contributed by atoms with van der Waals surface area (Å²) in [5.74, 6) is 1.36. The summed E-state index contributed by atoms with van der Waals surface area (Å²) in [6, 6.07) is 14.2. The van der Waals surface area contributed by atoms with E-state index in [1.165, 1.54) is 0 Å². The number of aliphatic imine (C=N–C) groups is 1. The zero-order valence-corrected chi connectivity index (χ0v) is 15.7. The van der Waals surface area contributed by atoms with Crippen molar-refractivity contribution in [1.29, 1.82) is 0 Å². The molecule has 0 aliphatic carbocycles. The van der Waals surface area contributed by atoms with Crippen molar-refractivity contribution in [3.05, 3.63) is 90.0 Å². The Labute approximate surface area is 156 Å². The summed E-state index contributed by atoms with van der Waals surface area (Å²) in [6.07, 6.45) is 7.73. The predicted octanol–water partition coefficient (Wildman–Crippen LogP) is 5.06. The fourth-order valence-corrected chi connectivity index (χ4v) is 2.55. The Morgan fingerprint density at radius 3 is 2.65 bits per heavy atom. The number of hydrogen-bond acceptors (Lipinski definition) is 2. The molecular formula is C23H26N2O. The Kier molecular flexibility index (Phi) is 6.98. The molecule has 0 spiro atoms. The van der Waals surface area contributed by atoms with Crippen LogP contribution in [0.3, 0.4) is 0 Å². The molecule has 0 bridgehead atoms. The highest BCUT2D eigenvalue weighted by Crippen LogP contribution is 2.25. The van der Waals surface area contributed by atoms with Crippen LogP contribution in [0.1, 0.15) is 18.1 Å². The number of benzene rings is 2. The lowest BCUT2D eigenvalue weighted by atomic mass is 9.99. The van der Waals surface area contributed by atoms with E-state index in [1.54, 1.807) is 13.2 Å². The van der Waals surface area contributed by atoms with Gasteiger partial charge in [-0.2, -0.15) is 0 Å². The molecule has 2 N–H and O–H groups in total. The van der Waals surface area contributed by atoms with E-state index >= 15 is 0 Å². The average Bonchev–Trinajstić information content (AvgIpc) is 2.68. The van der Waals surface area contributed by atoms with Crippen molar-refractivity contribution in [2.45, 2.75) is 13.8 Å². The van der Waals surface area contributed by atoms with Crippen LogP contribution in [0, 0.1) is 6.92 Å². The van der Waals surface area contributed by atoms with Gasteiger partial charge in [0, 0.05) is 5.56 Å². The monoisotopic (exact) mass is 346 g/mol. The molecule has 0 saturated carbocycles. The quantitative estimate of drug-likeness (QED) is 0.432. The molecule has 0 unspecified atom stereocenters. The standard InChI is InChI=1S/C23H26N2O/c1-5-7-9-18(6-2)16-25-23(24)22-15-20(13-12-17(22)3)19-10-8-11-21(14-19)26-4/h5-15H,2,16H2,1,3-4H3,(H2,24,25)/b7-5-,18-9+. The molecule has 2 rings (SSSR count). The Hall–Kier alpha value is -3.07. The average molecular weight is 346 g/mol. The first-order valence-electron chi connectivity index (χ1n) is 8.58. The fourth-order valence-electron chi connectivity index (χ4n) is 2.55. The van der Waals surface area contributed by atoms with Gasteiger partial charge in [-0.25, -0.2) is 0 Å². The molecule has 0 radical (unpaired) electrons. The van der Waals surface area contributed by atoms with Gasteiger partial charge in [-0.3, -0.25) is 4.99 Å². The number of nitrogens with two attached hydrogens (primary N) is 1. The molecular weight excluding hydrogens is 320 g/mol. The van der Waals surface area contributed by atoms with Crippen LogP contribution in [0.5, 0.6) is 5.75 Å². The van der Waals surface area contributed by atoms with Gasteiger partial charge >= 0.3 is 0 Å². The molecule has 0 saturated heterocycles. The van der Waals surface area contributed by atoms with Gasteiger partial charge in [-0.1, -0.05) is 55.1 Å². The van der Waals surface area contributed by atoms with Crippen LogP contribution < -0.4 is 10.5 Å². The summed E-state index contributed by atoms with van der Waals surface area (Å²) in [7, 11) is 1.67. The van der Waals surface area contributed by atoms with Crippen molar-refractivity contribution in [3.63, 3.8) is 0 Å². The van der Waals surface area contributed by atoms with E-state index in [2.05, 4.69) is 35.8 Å². The van der Waals surface area contributed by atoms with Crippen LogP contribution in [-0.2, 0) is 0 Å². The minimum atomic E-state index is 0.502. The van der Waals surface area contributed by atoms with Gasteiger partial charge in [0.05, 0.1) is 13.7 Å². The molecule has 0 aliphatic heterocycles. The Balaban J connectivity index is 2.33. The summed E-state index contributed by atoms with van der Waals surface area (Å²) in [6.45, 7) is 8.34. The minimum Gasteiger partial charge on any atom is -0.497 e. The molecule has 3 nitrogen and oxygen atoms in total. The maximum absolute atomic E-state index is 6.28. The number of aryl methyl sites for hydroxylation is 1. The van der Waals surface area contributed by atoms with Crippen molar-refractivity contribution >= 4 is 5.84 Å². The number of amidine groups is 1. The van der Waals surface area contributed by atoms with Crippen LogP contribution in [-0.4, -0.2) is 19.5 Å². The Morgan fingerprint density at radius 2 is 1.96 bits per heavy atom.